The topological polar surface area (TPSA) is 145 Å². The summed E-state index contributed by atoms with van der Waals surface area (Å²) in [6.45, 7) is -0.492. The van der Waals surface area contributed by atoms with E-state index >= 15 is 0 Å². The van der Waals surface area contributed by atoms with Crippen LogP contribution in [0.3, 0.4) is 0 Å². The number of aromatic nitrogens is 4. The fourth-order valence-electron chi connectivity index (χ4n) is 2.24. The zero-order chi connectivity index (χ0) is 14.4. The fraction of sp³-hybridized carbons (Fsp3) is 0.500. The molecule has 0 unspecified atom stereocenters. The number of aliphatic hydroxyl groups is 2. The molecular formula is C10H13FN6O3. The van der Waals surface area contributed by atoms with E-state index in [0.717, 1.165) is 0 Å². The first-order chi connectivity index (χ1) is 9.52. The Hall–Kier alpha value is -2.04. The van der Waals surface area contributed by atoms with E-state index < -0.39 is 31.1 Å². The zero-order valence-electron chi connectivity index (χ0n) is 10.2. The van der Waals surface area contributed by atoms with Crippen LogP contribution in [0, 0.1) is 0 Å². The summed E-state index contributed by atoms with van der Waals surface area (Å²) < 4.78 is 20.6. The minimum absolute atomic E-state index is 0.0522. The molecule has 3 heterocycles. The summed E-state index contributed by atoms with van der Waals surface area (Å²) in [5.74, 6) is -0.0432. The average Bonchev–Trinajstić information content (AvgIpc) is 2.93. The molecule has 10 heteroatoms. The van der Waals surface area contributed by atoms with Crippen LogP contribution in [0.1, 0.15) is 11.8 Å². The Bertz CT molecular complexity index is 649. The molecule has 0 spiro atoms. The smallest absolute Gasteiger partial charge is 0.240 e. The van der Waals surface area contributed by atoms with Gasteiger partial charge in [-0.2, -0.15) is 4.98 Å². The molecule has 4 atom stereocenters. The number of hydrogen-bond donors (Lipinski definition) is 4. The number of nitrogens with two attached hydrogens (primary N) is 2. The molecule has 0 amide bonds. The van der Waals surface area contributed by atoms with Crippen molar-refractivity contribution in [3.05, 3.63) is 11.9 Å². The molecule has 0 aromatic carbocycles. The molecule has 1 fully saturated rings. The van der Waals surface area contributed by atoms with Crippen molar-refractivity contribution in [3.8, 4) is 0 Å². The van der Waals surface area contributed by atoms with Crippen molar-refractivity contribution in [2.75, 3.05) is 18.1 Å². The molecule has 108 valence electrons. The molecule has 1 saturated heterocycles. The van der Waals surface area contributed by atoms with Gasteiger partial charge in [-0.1, -0.05) is 0 Å². The molecule has 1 aliphatic rings. The van der Waals surface area contributed by atoms with Crippen molar-refractivity contribution < 1.29 is 19.3 Å². The molecule has 0 radical (unpaired) electrons. The molecule has 0 bridgehead atoms. The lowest BCUT2D eigenvalue weighted by Crippen LogP contribution is -2.30. The van der Waals surface area contributed by atoms with Gasteiger partial charge in [0.2, 0.25) is 5.95 Å². The summed E-state index contributed by atoms with van der Waals surface area (Å²) in [4.78, 5) is 7.72. The van der Waals surface area contributed by atoms with E-state index in [0.29, 0.717) is 0 Å². The summed E-state index contributed by atoms with van der Waals surface area (Å²) in [5, 5.41) is 22.6. The average molecular weight is 284 g/mol. The van der Waals surface area contributed by atoms with Gasteiger partial charge in [-0.25, -0.2) is 13.9 Å². The molecule has 1 aliphatic heterocycles. The van der Waals surface area contributed by atoms with Gasteiger partial charge in [0.1, 0.15) is 18.3 Å². The largest absolute Gasteiger partial charge is 0.394 e. The third-order valence-corrected chi connectivity index (χ3v) is 3.22. The summed E-state index contributed by atoms with van der Waals surface area (Å²) in [6, 6.07) is 0. The molecule has 6 N–H and O–H groups in total. The minimum atomic E-state index is -1.72. The molecular weight excluding hydrogens is 271 g/mol. The summed E-state index contributed by atoms with van der Waals surface area (Å²) in [7, 11) is 0. The van der Waals surface area contributed by atoms with Crippen LogP contribution in [0.2, 0.25) is 0 Å². The third kappa shape index (κ3) is 1.77. The Kier molecular flexibility index (Phi) is 2.92. The van der Waals surface area contributed by atoms with Crippen LogP contribution >= 0.6 is 0 Å². The van der Waals surface area contributed by atoms with Gasteiger partial charge in [0, 0.05) is 0 Å². The van der Waals surface area contributed by atoms with Crippen LogP contribution in [0.25, 0.3) is 5.65 Å². The Morgan fingerprint density at radius 2 is 2.20 bits per heavy atom. The van der Waals surface area contributed by atoms with Gasteiger partial charge < -0.3 is 26.4 Å². The SMILES string of the molecule is Nc1nc(N)c2ncc([C@H]3O[C@@H](CO)[C@@H](O)[C@H]3F)n2n1. The molecule has 0 aliphatic carbocycles. The number of nitrogens with zero attached hydrogens (tertiary/aromatic N) is 4. The van der Waals surface area contributed by atoms with Crippen molar-refractivity contribution >= 4 is 17.4 Å². The van der Waals surface area contributed by atoms with Crippen LogP contribution in [-0.2, 0) is 4.74 Å². The fourth-order valence-corrected chi connectivity index (χ4v) is 2.24. The van der Waals surface area contributed by atoms with Crippen molar-refractivity contribution in [3.63, 3.8) is 0 Å². The monoisotopic (exact) mass is 284 g/mol. The normalized spacial score (nSPS) is 30.1. The lowest BCUT2D eigenvalue weighted by molar-refractivity contribution is -0.0241. The predicted octanol–water partition coefficient (Wildman–Crippen LogP) is -1.58. The van der Waals surface area contributed by atoms with Gasteiger partial charge in [0.15, 0.2) is 17.6 Å². The maximum absolute atomic E-state index is 14.1. The van der Waals surface area contributed by atoms with E-state index in [9.17, 15) is 9.50 Å². The van der Waals surface area contributed by atoms with Crippen molar-refractivity contribution in [2.24, 2.45) is 0 Å². The lowest BCUT2D eigenvalue weighted by Gasteiger charge is -2.12. The van der Waals surface area contributed by atoms with Crippen molar-refractivity contribution in [2.45, 2.75) is 24.5 Å². The van der Waals surface area contributed by atoms with Gasteiger partial charge in [-0.05, 0) is 0 Å². The number of aliphatic hydroxyl groups excluding tert-OH is 2. The van der Waals surface area contributed by atoms with Crippen molar-refractivity contribution in [1.29, 1.82) is 0 Å². The Morgan fingerprint density at radius 3 is 2.85 bits per heavy atom. The number of nitrogen functional groups attached to an aromatic ring is 2. The van der Waals surface area contributed by atoms with E-state index in [2.05, 4.69) is 15.1 Å². The van der Waals surface area contributed by atoms with Gasteiger partial charge in [-0.15, -0.1) is 5.10 Å². The summed E-state index contributed by atoms with van der Waals surface area (Å²) >= 11 is 0. The summed E-state index contributed by atoms with van der Waals surface area (Å²) in [6.07, 6.45) is -3.94. The highest BCUT2D eigenvalue weighted by Crippen LogP contribution is 2.35. The van der Waals surface area contributed by atoms with Crippen LogP contribution in [0.4, 0.5) is 16.2 Å². The number of anilines is 2. The van der Waals surface area contributed by atoms with Gasteiger partial charge in [0.05, 0.1) is 18.5 Å². The van der Waals surface area contributed by atoms with E-state index in [1.165, 1.54) is 10.7 Å². The maximum Gasteiger partial charge on any atom is 0.240 e. The molecule has 20 heavy (non-hydrogen) atoms. The summed E-state index contributed by atoms with van der Waals surface area (Å²) in [5.41, 5.74) is 11.6. The standard InChI is InChI=1S/C10H13FN6O3/c11-5-6(19)4(2-18)20-7(5)3-1-14-9-8(12)15-10(13)16-17(3)9/h1,4-7,18-19H,2H2,(H4,12,13,15,16)/t4-,5+,6+,7+/m0/s1. The van der Waals surface area contributed by atoms with E-state index in [-0.39, 0.29) is 23.1 Å². The number of alkyl halides is 1. The Balaban J connectivity index is 2.07. The lowest BCUT2D eigenvalue weighted by atomic mass is 10.1. The number of hydrogen-bond acceptors (Lipinski definition) is 8. The number of imidazole rings is 1. The van der Waals surface area contributed by atoms with E-state index in [1.807, 2.05) is 0 Å². The number of ether oxygens (including phenoxy) is 1. The molecule has 9 nitrogen and oxygen atoms in total. The number of halogens is 1. The highest BCUT2D eigenvalue weighted by atomic mass is 19.1. The van der Waals surface area contributed by atoms with E-state index in [4.69, 9.17) is 21.3 Å². The zero-order valence-corrected chi connectivity index (χ0v) is 10.2. The minimum Gasteiger partial charge on any atom is -0.394 e. The molecule has 2 aromatic rings. The Morgan fingerprint density at radius 1 is 1.45 bits per heavy atom. The van der Waals surface area contributed by atoms with Crippen LogP contribution in [0.5, 0.6) is 0 Å². The number of fused-ring (bicyclic) bond motifs is 1. The molecule has 3 rings (SSSR count). The first-order valence-corrected chi connectivity index (χ1v) is 5.88. The van der Waals surface area contributed by atoms with Crippen LogP contribution < -0.4 is 11.5 Å². The second kappa shape index (κ2) is 4.51. The van der Waals surface area contributed by atoms with Crippen molar-refractivity contribution in [1.82, 2.24) is 19.6 Å². The maximum atomic E-state index is 14.1. The third-order valence-electron chi connectivity index (χ3n) is 3.22. The van der Waals surface area contributed by atoms with Crippen LogP contribution in [-0.4, -0.2) is 54.8 Å². The Labute approximate surface area is 112 Å². The highest BCUT2D eigenvalue weighted by molar-refractivity contribution is 5.60. The first kappa shape index (κ1) is 13.0. The first-order valence-electron chi connectivity index (χ1n) is 5.88. The van der Waals surface area contributed by atoms with Gasteiger partial charge in [0.25, 0.3) is 0 Å². The molecule has 0 saturated carbocycles. The highest BCUT2D eigenvalue weighted by Gasteiger charge is 2.46. The number of rotatable bonds is 2. The predicted molar refractivity (Wildman–Crippen MR) is 65.2 cm³/mol. The van der Waals surface area contributed by atoms with Gasteiger partial charge in [-0.3, -0.25) is 0 Å². The molecule has 2 aromatic heterocycles. The van der Waals surface area contributed by atoms with Gasteiger partial charge >= 0.3 is 0 Å². The van der Waals surface area contributed by atoms with Crippen LogP contribution in [0.15, 0.2) is 6.20 Å². The quantitative estimate of drug-likeness (QED) is 0.517. The second-order valence-electron chi connectivity index (χ2n) is 4.49. The van der Waals surface area contributed by atoms with E-state index in [1.54, 1.807) is 0 Å². The second-order valence-corrected chi connectivity index (χ2v) is 4.49.